The van der Waals surface area contributed by atoms with Crippen LogP contribution in [-0.4, -0.2) is 34.0 Å². The molecule has 0 aliphatic rings. The third-order valence-electron chi connectivity index (χ3n) is 4.52. The van der Waals surface area contributed by atoms with Gasteiger partial charge < -0.3 is 14.6 Å². The number of carbonyl (C=O) groups excluding carboxylic acids is 1. The van der Waals surface area contributed by atoms with E-state index in [1.807, 2.05) is 18.2 Å². The van der Waals surface area contributed by atoms with E-state index in [1.165, 1.54) is 6.20 Å². The Morgan fingerprint density at radius 3 is 2.52 bits per heavy atom. The van der Waals surface area contributed by atoms with Crippen LogP contribution >= 0.6 is 11.8 Å². The SMILES string of the molecule is COc1ccccc1CNC(=O)C(C)Sc1ncc(-c2ccccc2)n1CC(F)(F)F. The summed E-state index contributed by atoms with van der Waals surface area (Å²) in [6, 6.07) is 16.0. The van der Waals surface area contributed by atoms with Crippen LogP contribution in [0.3, 0.4) is 0 Å². The summed E-state index contributed by atoms with van der Waals surface area (Å²) in [5, 5.41) is 2.29. The monoisotopic (exact) mass is 449 g/mol. The van der Waals surface area contributed by atoms with E-state index in [4.69, 9.17) is 4.74 Å². The first-order valence-corrected chi connectivity index (χ1v) is 10.4. The van der Waals surface area contributed by atoms with Crippen molar-refractivity contribution >= 4 is 17.7 Å². The number of nitrogens with one attached hydrogen (secondary N) is 1. The average Bonchev–Trinajstić information content (AvgIpc) is 3.13. The molecule has 9 heteroatoms. The highest BCUT2D eigenvalue weighted by Crippen LogP contribution is 2.31. The number of nitrogens with zero attached hydrogens (tertiary/aromatic N) is 2. The fourth-order valence-electron chi connectivity index (χ4n) is 3.01. The lowest BCUT2D eigenvalue weighted by atomic mass is 10.2. The molecular formula is C22H22F3N3O2S. The number of amides is 1. The van der Waals surface area contributed by atoms with E-state index in [0.717, 1.165) is 21.9 Å². The van der Waals surface area contributed by atoms with E-state index in [2.05, 4.69) is 10.3 Å². The zero-order chi connectivity index (χ0) is 22.4. The van der Waals surface area contributed by atoms with Gasteiger partial charge in [0.05, 0.1) is 24.3 Å². The quantitative estimate of drug-likeness (QED) is 0.496. The number of hydrogen-bond donors (Lipinski definition) is 1. The number of imidazole rings is 1. The van der Waals surface area contributed by atoms with Crippen molar-refractivity contribution in [3.63, 3.8) is 0 Å². The van der Waals surface area contributed by atoms with Crippen LogP contribution in [0.1, 0.15) is 12.5 Å². The van der Waals surface area contributed by atoms with Crippen LogP contribution in [-0.2, 0) is 17.9 Å². The van der Waals surface area contributed by atoms with Gasteiger partial charge in [0.1, 0.15) is 12.3 Å². The first kappa shape index (κ1) is 22.7. The summed E-state index contributed by atoms with van der Waals surface area (Å²) in [7, 11) is 1.55. The van der Waals surface area contributed by atoms with Gasteiger partial charge in [-0.1, -0.05) is 60.3 Å². The van der Waals surface area contributed by atoms with E-state index >= 15 is 0 Å². The molecule has 1 atom stereocenters. The number of para-hydroxylation sites is 1. The highest BCUT2D eigenvalue weighted by molar-refractivity contribution is 8.00. The number of carbonyl (C=O) groups is 1. The minimum atomic E-state index is -4.42. The molecule has 0 spiro atoms. The van der Waals surface area contributed by atoms with Gasteiger partial charge in [-0.05, 0) is 18.6 Å². The molecule has 0 radical (unpaired) electrons. The summed E-state index contributed by atoms with van der Waals surface area (Å²) in [6.07, 6.45) is -3.02. The maximum absolute atomic E-state index is 13.2. The van der Waals surface area contributed by atoms with Crippen LogP contribution in [0.2, 0.25) is 0 Å². The summed E-state index contributed by atoms with van der Waals surface area (Å²) < 4.78 is 46.0. The van der Waals surface area contributed by atoms with Gasteiger partial charge >= 0.3 is 6.18 Å². The molecule has 3 rings (SSSR count). The fourth-order valence-corrected chi connectivity index (χ4v) is 3.92. The maximum Gasteiger partial charge on any atom is 0.406 e. The van der Waals surface area contributed by atoms with Gasteiger partial charge in [0, 0.05) is 12.1 Å². The highest BCUT2D eigenvalue weighted by atomic mass is 32.2. The van der Waals surface area contributed by atoms with Gasteiger partial charge in [-0.2, -0.15) is 13.2 Å². The number of rotatable bonds is 8. The van der Waals surface area contributed by atoms with Crippen molar-refractivity contribution in [3.05, 3.63) is 66.4 Å². The van der Waals surface area contributed by atoms with Crippen molar-refractivity contribution in [2.75, 3.05) is 7.11 Å². The number of halogens is 3. The van der Waals surface area contributed by atoms with Crippen molar-refractivity contribution in [1.82, 2.24) is 14.9 Å². The van der Waals surface area contributed by atoms with Crippen molar-refractivity contribution in [3.8, 4) is 17.0 Å². The number of hydrogen-bond acceptors (Lipinski definition) is 4. The number of aromatic nitrogens is 2. The molecule has 1 heterocycles. The van der Waals surface area contributed by atoms with Crippen LogP contribution in [0.5, 0.6) is 5.75 Å². The predicted octanol–water partition coefficient (Wildman–Crippen LogP) is 4.92. The normalized spacial score (nSPS) is 12.4. The first-order valence-electron chi connectivity index (χ1n) is 9.52. The molecular weight excluding hydrogens is 427 g/mol. The van der Waals surface area contributed by atoms with Crippen LogP contribution in [0.25, 0.3) is 11.3 Å². The Labute approximate surface area is 182 Å². The molecule has 2 aromatic carbocycles. The lowest BCUT2D eigenvalue weighted by molar-refractivity contribution is -0.141. The number of ether oxygens (including phenoxy) is 1. The molecule has 31 heavy (non-hydrogen) atoms. The Hall–Kier alpha value is -2.94. The molecule has 5 nitrogen and oxygen atoms in total. The topological polar surface area (TPSA) is 56.1 Å². The van der Waals surface area contributed by atoms with Crippen molar-refractivity contribution in [2.45, 2.75) is 36.6 Å². The number of methoxy groups -OCH3 is 1. The highest BCUT2D eigenvalue weighted by Gasteiger charge is 2.31. The molecule has 164 valence electrons. The lowest BCUT2D eigenvalue weighted by Crippen LogP contribution is -2.31. The Balaban J connectivity index is 1.75. The Kier molecular flexibility index (Phi) is 7.27. The molecule has 1 aromatic heterocycles. The van der Waals surface area contributed by atoms with Gasteiger partial charge in [0.2, 0.25) is 5.91 Å². The lowest BCUT2D eigenvalue weighted by Gasteiger charge is -2.16. The van der Waals surface area contributed by atoms with Gasteiger partial charge in [-0.15, -0.1) is 0 Å². The largest absolute Gasteiger partial charge is 0.496 e. The van der Waals surface area contributed by atoms with Gasteiger partial charge in [-0.25, -0.2) is 4.98 Å². The summed E-state index contributed by atoms with van der Waals surface area (Å²) in [5.41, 5.74) is 1.78. The van der Waals surface area contributed by atoms with Gasteiger partial charge in [0.25, 0.3) is 0 Å². The van der Waals surface area contributed by atoms with E-state index in [0.29, 0.717) is 17.0 Å². The summed E-state index contributed by atoms with van der Waals surface area (Å²) in [5.74, 6) is 0.343. The number of alkyl halides is 3. The number of benzene rings is 2. The summed E-state index contributed by atoms with van der Waals surface area (Å²) in [6.45, 7) is 0.701. The van der Waals surface area contributed by atoms with E-state index in [1.54, 1.807) is 50.4 Å². The van der Waals surface area contributed by atoms with Gasteiger partial charge in [-0.3, -0.25) is 4.79 Å². The van der Waals surface area contributed by atoms with E-state index in [-0.39, 0.29) is 17.6 Å². The van der Waals surface area contributed by atoms with Crippen molar-refractivity contribution in [1.29, 1.82) is 0 Å². The molecule has 0 aliphatic carbocycles. The van der Waals surface area contributed by atoms with Crippen LogP contribution in [0.15, 0.2) is 66.0 Å². The Morgan fingerprint density at radius 2 is 1.84 bits per heavy atom. The third-order valence-corrected chi connectivity index (χ3v) is 5.63. The summed E-state index contributed by atoms with van der Waals surface area (Å²) >= 11 is 0.988. The van der Waals surface area contributed by atoms with Gasteiger partial charge in [0.15, 0.2) is 5.16 Å². The second-order valence-electron chi connectivity index (χ2n) is 6.78. The fraction of sp³-hybridized carbons (Fsp3) is 0.273. The third kappa shape index (κ3) is 6.04. The molecule has 1 N–H and O–H groups in total. The van der Waals surface area contributed by atoms with Crippen molar-refractivity contribution in [2.24, 2.45) is 0 Å². The first-order chi connectivity index (χ1) is 14.8. The molecule has 0 saturated heterocycles. The number of thioether (sulfide) groups is 1. The molecule has 0 saturated carbocycles. The smallest absolute Gasteiger partial charge is 0.406 e. The Morgan fingerprint density at radius 1 is 1.16 bits per heavy atom. The summed E-state index contributed by atoms with van der Waals surface area (Å²) in [4.78, 5) is 16.7. The molecule has 3 aromatic rings. The standard InChI is InChI=1S/C22H22F3N3O2S/c1-15(20(29)26-12-17-10-6-7-11-19(17)30-2)31-21-27-13-18(16-8-4-3-5-9-16)28(21)14-22(23,24)25/h3-11,13,15H,12,14H2,1-2H3,(H,26,29). The predicted molar refractivity (Wildman–Crippen MR) is 114 cm³/mol. The second-order valence-corrected chi connectivity index (χ2v) is 8.09. The average molecular weight is 449 g/mol. The zero-order valence-corrected chi connectivity index (χ0v) is 17.8. The minimum Gasteiger partial charge on any atom is -0.496 e. The minimum absolute atomic E-state index is 0.135. The molecule has 0 aliphatic heterocycles. The maximum atomic E-state index is 13.2. The molecule has 1 unspecified atom stereocenters. The second kappa shape index (κ2) is 9.91. The van der Waals surface area contributed by atoms with Crippen molar-refractivity contribution < 1.29 is 22.7 Å². The molecule has 0 fully saturated rings. The van der Waals surface area contributed by atoms with Crippen LogP contribution < -0.4 is 10.1 Å². The van der Waals surface area contributed by atoms with Crippen LogP contribution in [0.4, 0.5) is 13.2 Å². The van der Waals surface area contributed by atoms with E-state index < -0.39 is 18.0 Å². The molecule has 0 bridgehead atoms. The van der Waals surface area contributed by atoms with E-state index in [9.17, 15) is 18.0 Å². The Bertz CT molecular complexity index is 1020. The molecule has 1 amide bonds. The van der Waals surface area contributed by atoms with Crippen LogP contribution in [0, 0.1) is 0 Å². The zero-order valence-electron chi connectivity index (χ0n) is 17.0.